The standard InChI is InChI=1S/C25H30F3NO4/c1-2-29-24(32)11-6-4-3-5-10-22-18(13-15-23(22)31)12-14-20(30)17-33-21-9-7-8-19(16-21)25(26,27)28/h3,5,7-9,12-16,18,20,22,30H,2,4,6,10-11,17H2,1H3,(H,29,32)/b5-3?,14-12+/t18-,20+,22+/m0/s1. The van der Waals surface area contributed by atoms with Gasteiger partial charge in [0.15, 0.2) is 5.78 Å². The number of amides is 1. The Bertz CT molecular complexity index is 877. The molecule has 0 unspecified atom stereocenters. The third-order valence-electron chi connectivity index (χ3n) is 5.16. The highest BCUT2D eigenvalue weighted by Gasteiger charge is 2.30. The molecule has 0 aliphatic heterocycles. The number of allylic oxidation sites excluding steroid dienone is 5. The van der Waals surface area contributed by atoms with Crippen LogP contribution in [0.3, 0.4) is 0 Å². The number of unbranched alkanes of at least 4 members (excludes halogenated alkanes) is 1. The molecule has 0 fully saturated rings. The average Bonchev–Trinajstić information content (AvgIpc) is 3.12. The smallest absolute Gasteiger partial charge is 0.416 e. The van der Waals surface area contributed by atoms with Crippen molar-refractivity contribution in [2.24, 2.45) is 11.8 Å². The van der Waals surface area contributed by atoms with E-state index in [-0.39, 0.29) is 35.9 Å². The molecule has 2 rings (SSSR count). The lowest BCUT2D eigenvalue weighted by atomic mass is 9.90. The molecule has 0 heterocycles. The van der Waals surface area contributed by atoms with Crippen LogP contribution in [0.4, 0.5) is 13.2 Å². The number of rotatable bonds is 12. The van der Waals surface area contributed by atoms with E-state index < -0.39 is 17.8 Å². The number of carbonyl (C=O) groups excluding carboxylic acids is 2. The Kier molecular flexibility index (Phi) is 10.4. The van der Waals surface area contributed by atoms with Crippen LogP contribution in [0.1, 0.15) is 38.2 Å². The van der Waals surface area contributed by atoms with Gasteiger partial charge in [-0.25, -0.2) is 0 Å². The van der Waals surface area contributed by atoms with Crippen LogP contribution in [0, 0.1) is 11.8 Å². The van der Waals surface area contributed by atoms with Gasteiger partial charge in [-0.05, 0) is 50.5 Å². The van der Waals surface area contributed by atoms with Gasteiger partial charge in [0, 0.05) is 24.8 Å². The molecule has 0 saturated carbocycles. The molecule has 1 aromatic rings. The van der Waals surface area contributed by atoms with Crippen LogP contribution in [0.2, 0.25) is 0 Å². The summed E-state index contributed by atoms with van der Waals surface area (Å²) in [6.45, 7) is 2.28. The van der Waals surface area contributed by atoms with Gasteiger partial charge in [0.1, 0.15) is 18.5 Å². The first-order valence-corrected chi connectivity index (χ1v) is 11.0. The van der Waals surface area contributed by atoms with Crippen molar-refractivity contribution in [1.82, 2.24) is 5.32 Å². The Balaban J connectivity index is 1.79. The van der Waals surface area contributed by atoms with Crippen molar-refractivity contribution >= 4 is 11.7 Å². The first kappa shape index (κ1) is 26.4. The molecule has 0 bridgehead atoms. The monoisotopic (exact) mass is 465 g/mol. The van der Waals surface area contributed by atoms with E-state index in [9.17, 15) is 27.9 Å². The van der Waals surface area contributed by atoms with Gasteiger partial charge >= 0.3 is 6.18 Å². The van der Waals surface area contributed by atoms with Gasteiger partial charge in [0.25, 0.3) is 0 Å². The van der Waals surface area contributed by atoms with Crippen molar-refractivity contribution in [3.8, 4) is 5.75 Å². The van der Waals surface area contributed by atoms with E-state index >= 15 is 0 Å². The van der Waals surface area contributed by atoms with Crippen LogP contribution < -0.4 is 10.1 Å². The normalized spacial score (nSPS) is 19.5. The van der Waals surface area contributed by atoms with Gasteiger partial charge in [0.05, 0.1) is 5.56 Å². The average molecular weight is 466 g/mol. The highest BCUT2D eigenvalue weighted by Crippen LogP contribution is 2.31. The number of hydrogen-bond donors (Lipinski definition) is 2. The zero-order valence-electron chi connectivity index (χ0n) is 18.6. The van der Waals surface area contributed by atoms with Gasteiger partial charge in [-0.3, -0.25) is 9.59 Å². The Labute approximate surface area is 192 Å². The largest absolute Gasteiger partial charge is 0.491 e. The summed E-state index contributed by atoms with van der Waals surface area (Å²) in [5, 5.41) is 12.9. The van der Waals surface area contributed by atoms with Gasteiger partial charge in [-0.15, -0.1) is 0 Å². The quantitative estimate of drug-likeness (QED) is 0.349. The highest BCUT2D eigenvalue weighted by atomic mass is 19.4. The minimum atomic E-state index is -4.47. The maximum absolute atomic E-state index is 12.8. The van der Waals surface area contributed by atoms with Crippen molar-refractivity contribution in [2.75, 3.05) is 13.2 Å². The van der Waals surface area contributed by atoms with E-state index in [4.69, 9.17) is 4.74 Å². The third-order valence-corrected chi connectivity index (χ3v) is 5.16. The molecule has 180 valence electrons. The summed E-state index contributed by atoms with van der Waals surface area (Å²) in [4.78, 5) is 23.6. The van der Waals surface area contributed by atoms with E-state index in [0.717, 1.165) is 25.0 Å². The fourth-order valence-corrected chi connectivity index (χ4v) is 3.41. The maximum atomic E-state index is 12.8. The SMILES string of the molecule is CCNC(=O)CCCC=CC[C@H]1C(=O)C=C[C@@H]1/C=C/[C@@H](O)COc1cccc(C(F)(F)F)c1. The van der Waals surface area contributed by atoms with E-state index in [0.29, 0.717) is 19.4 Å². The molecule has 8 heteroatoms. The molecule has 2 N–H and O–H groups in total. The summed E-state index contributed by atoms with van der Waals surface area (Å²) in [5.41, 5.74) is -0.820. The fourth-order valence-electron chi connectivity index (χ4n) is 3.41. The number of aliphatic hydroxyl groups excluding tert-OH is 1. The molecule has 1 aliphatic rings. The minimum Gasteiger partial charge on any atom is -0.491 e. The summed E-state index contributed by atoms with van der Waals surface area (Å²) >= 11 is 0. The molecule has 1 amide bonds. The maximum Gasteiger partial charge on any atom is 0.416 e. The molecule has 1 aromatic carbocycles. The van der Waals surface area contributed by atoms with Gasteiger partial charge < -0.3 is 15.2 Å². The number of ether oxygens (including phenoxy) is 1. The molecule has 33 heavy (non-hydrogen) atoms. The second-order valence-electron chi connectivity index (χ2n) is 7.79. The number of benzene rings is 1. The topological polar surface area (TPSA) is 75.6 Å². The third kappa shape index (κ3) is 9.26. The Morgan fingerprint density at radius 2 is 2.09 bits per heavy atom. The van der Waals surface area contributed by atoms with Crippen molar-refractivity contribution in [1.29, 1.82) is 0 Å². The molecular weight excluding hydrogens is 435 g/mol. The van der Waals surface area contributed by atoms with Gasteiger partial charge in [-0.1, -0.05) is 36.4 Å². The number of halogens is 3. The number of aliphatic hydroxyl groups is 1. The van der Waals surface area contributed by atoms with Crippen molar-refractivity contribution in [3.63, 3.8) is 0 Å². The van der Waals surface area contributed by atoms with E-state index in [1.54, 1.807) is 12.2 Å². The zero-order valence-corrected chi connectivity index (χ0v) is 18.6. The lowest BCUT2D eigenvalue weighted by Crippen LogP contribution is -2.21. The van der Waals surface area contributed by atoms with Crippen LogP contribution in [0.25, 0.3) is 0 Å². The molecule has 0 aromatic heterocycles. The van der Waals surface area contributed by atoms with E-state index in [2.05, 4.69) is 5.32 Å². The van der Waals surface area contributed by atoms with Gasteiger partial charge in [0.2, 0.25) is 5.91 Å². The van der Waals surface area contributed by atoms with Crippen molar-refractivity contribution in [3.05, 3.63) is 66.3 Å². The second-order valence-corrected chi connectivity index (χ2v) is 7.79. The van der Waals surface area contributed by atoms with Crippen LogP contribution in [0.5, 0.6) is 5.75 Å². The van der Waals surface area contributed by atoms with Crippen molar-refractivity contribution in [2.45, 2.75) is 44.9 Å². The molecule has 5 nitrogen and oxygen atoms in total. The Morgan fingerprint density at radius 1 is 1.30 bits per heavy atom. The summed E-state index contributed by atoms with van der Waals surface area (Å²) in [7, 11) is 0. The second kappa shape index (κ2) is 13.0. The van der Waals surface area contributed by atoms with Crippen LogP contribution >= 0.6 is 0 Å². The highest BCUT2D eigenvalue weighted by molar-refractivity contribution is 5.95. The molecule has 0 saturated heterocycles. The van der Waals surface area contributed by atoms with Crippen LogP contribution in [-0.2, 0) is 15.8 Å². The van der Waals surface area contributed by atoms with Crippen LogP contribution in [0.15, 0.2) is 60.7 Å². The number of hydrogen-bond acceptors (Lipinski definition) is 4. The summed E-state index contributed by atoms with van der Waals surface area (Å²) in [5.74, 6) is -0.394. The van der Waals surface area contributed by atoms with E-state index in [1.807, 2.05) is 19.1 Å². The predicted octanol–water partition coefficient (Wildman–Crippen LogP) is 4.63. The lowest BCUT2D eigenvalue weighted by molar-refractivity contribution is -0.137. The molecule has 0 spiro atoms. The molecule has 0 radical (unpaired) electrons. The molecule has 3 atom stereocenters. The predicted molar refractivity (Wildman–Crippen MR) is 120 cm³/mol. The lowest BCUT2D eigenvalue weighted by Gasteiger charge is -2.14. The van der Waals surface area contributed by atoms with E-state index in [1.165, 1.54) is 24.3 Å². The fraction of sp³-hybridized carbons (Fsp3) is 0.440. The first-order valence-electron chi connectivity index (χ1n) is 11.0. The minimum absolute atomic E-state index is 0.00586. The molecule has 1 aliphatic carbocycles. The summed E-state index contributed by atoms with van der Waals surface area (Å²) in [6.07, 6.45) is 7.39. The summed E-state index contributed by atoms with van der Waals surface area (Å²) < 4.78 is 43.6. The Morgan fingerprint density at radius 3 is 2.82 bits per heavy atom. The molecular formula is C25H30F3NO4. The number of nitrogens with one attached hydrogen (secondary N) is 1. The zero-order chi connectivity index (χ0) is 24.3. The van der Waals surface area contributed by atoms with Gasteiger partial charge in [-0.2, -0.15) is 13.2 Å². The number of ketones is 1. The Hall–Kier alpha value is -2.87. The first-order chi connectivity index (χ1) is 15.7. The van der Waals surface area contributed by atoms with Crippen molar-refractivity contribution < 1.29 is 32.6 Å². The number of alkyl halides is 3. The van der Waals surface area contributed by atoms with Crippen LogP contribution in [-0.4, -0.2) is 36.1 Å². The number of carbonyl (C=O) groups is 2. The summed E-state index contributed by atoms with van der Waals surface area (Å²) in [6, 6.07) is 4.47.